The lowest BCUT2D eigenvalue weighted by molar-refractivity contribution is 0.642. The Morgan fingerprint density at radius 2 is 1.43 bits per heavy atom. The van der Waals surface area contributed by atoms with Gasteiger partial charge in [0.2, 0.25) is 5.82 Å². The predicted molar refractivity (Wildman–Crippen MR) is 182 cm³/mol. The first-order valence-electron chi connectivity index (χ1n) is 15.9. The minimum absolute atomic E-state index is 0.368. The Kier molecular flexibility index (Phi) is 8.38. The highest BCUT2D eigenvalue weighted by Crippen LogP contribution is 2.30. The average Bonchev–Trinajstić information content (AvgIpc) is 3.78. The van der Waals surface area contributed by atoms with Crippen LogP contribution in [0.5, 0.6) is 0 Å². The van der Waals surface area contributed by atoms with Gasteiger partial charge >= 0.3 is 5.69 Å². The minimum Gasteiger partial charge on any atom is -0.318 e. The maximum Gasteiger partial charge on any atom is 0.337 e. The average molecular weight is 623 g/mol. The summed E-state index contributed by atoms with van der Waals surface area (Å²) in [5, 5.41) is 14.6. The Hall–Kier alpha value is -5.90. The van der Waals surface area contributed by atoms with E-state index in [9.17, 15) is 9.59 Å². The SMILES string of the molecule is CCCCc1nc2c(c(=O)n(-c3ccccc3)c(=O)n2CCc2ccccc2)n1Cc1ccc(-c2ccccc2-c2nn[nH]n2)cc1. The Morgan fingerprint density at radius 3 is 2.13 bits per heavy atom. The lowest BCUT2D eigenvalue weighted by Crippen LogP contribution is -2.40. The summed E-state index contributed by atoms with van der Waals surface area (Å²) in [4.78, 5) is 33.4. The van der Waals surface area contributed by atoms with Crippen molar-refractivity contribution in [3.8, 4) is 28.2 Å². The topological polar surface area (TPSA) is 116 Å². The van der Waals surface area contributed by atoms with E-state index in [0.717, 1.165) is 46.5 Å². The van der Waals surface area contributed by atoms with Crippen LogP contribution in [0.3, 0.4) is 0 Å². The molecular weight excluding hydrogens is 588 g/mol. The van der Waals surface area contributed by atoms with Gasteiger partial charge in [0.05, 0.1) is 5.69 Å². The van der Waals surface area contributed by atoms with Crippen LogP contribution in [0.2, 0.25) is 0 Å². The summed E-state index contributed by atoms with van der Waals surface area (Å²) in [5.74, 6) is 1.33. The molecule has 3 aromatic heterocycles. The molecule has 0 fully saturated rings. The van der Waals surface area contributed by atoms with Crippen molar-refractivity contribution < 1.29 is 0 Å². The third-order valence-corrected chi connectivity index (χ3v) is 8.47. The number of aromatic amines is 1. The molecule has 0 aliphatic heterocycles. The number of imidazole rings is 1. The fourth-order valence-electron chi connectivity index (χ4n) is 6.05. The van der Waals surface area contributed by atoms with Gasteiger partial charge in [0.25, 0.3) is 5.56 Å². The second-order valence-corrected chi connectivity index (χ2v) is 11.5. The van der Waals surface area contributed by atoms with E-state index in [-0.39, 0.29) is 11.2 Å². The minimum atomic E-state index is -0.388. The molecule has 4 aromatic carbocycles. The van der Waals surface area contributed by atoms with Crippen LogP contribution < -0.4 is 11.2 Å². The van der Waals surface area contributed by atoms with Crippen molar-refractivity contribution in [3.05, 3.63) is 147 Å². The van der Waals surface area contributed by atoms with Crippen LogP contribution in [-0.4, -0.2) is 39.3 Å². The number of H-pyrrole nitrogens is 1. The summed E-state index contributed by atoms with van der Waals surface area (Å²) in [6.45, 7) is 2.96. The molecule has 1 N–H and O–H groups in total. The number of tetrazole rings is 1. The van der Waals surface area contributed by atoms with Crippen molar-refractivity contribution in [2.24, 2.45) is 0 Å². The summed E-state index contributed by atoms with van der Waals surface area (Å²) in [6.07, 6.45) is 3.22. The van der Waals surface area contributed by atoms with Crippen LogP contribution >= 0.6 is 0 Å². The number of rotatable bonds is 11. The van der Waals surface area contributed by atoms with Crippen LogP contribution in [0.4, 0.5) is 0 Å². The van der Waals surface area contributed by atoms with Gasteiger partial charge in [-0.15, -0.1) is 10.2 Å². The second kappa shape index (κ2) is 13.2. The van der Waals surface area contributed by atoms with Crippen molar-refractivity contribution in [2.75, 3.05) is 0 Å². The van der Waals surface area contributed by atoms with Crippen molar-refractivity contribution >= 4 is 11.2 Å². The molecule has 0 aliphatic carbocycles. The second-order valence-electron chi connectivity index (χ2n) is 11.5. The molecule has 0 radical (unpaired) electrons. The van der Waals surface area contributed by atoms with Gasteiger partial charge in [0, 0.05) is 25.1 Å². The molecule has 10 nitrogen and oxygen atoms in total. The van der Waals surface area contributed by atoms with E-state index in [4.69, 9.17) is 4.98 Å². The number of unbranched alkanes of at least 4 members (excludes halogenated alkanes) is 1. The van der Waals surface area contributed by atoms with Gasteiger partial charge in [-0.25, -0.2) is 14.3 Å². The molecule has 47 heavy (non-hydrogen) atoms. The first kappa shape index (κ1) is 29.8. The van der Waals surface area contributed by atoms with E-state index < -0.39 is 0 Å². The highest BCUT2D eigenvalue weighted by molar-refractivity contribution is 5.80. The lowest BCUT2D eigenvalue weighted by atomic mass is 9.98. The van der Waals surface area contributed by atoms with Gasteiger partial charge < -0.3 is 4.57 Å². The van der Waals surface area contributed by atoms with Crippen molar-refractivity contribution in [1.29, 1.82) is 0 Å². The quantitative estimate of drug-likeness (QED) is 0.194. The Morgan fingerprint density at radius 1 is 0.723 bits per heavy atom. The van der Waals surface area contributed by atoms with Crippen molar-refractivity contribution in [3.63, 3.8) is 0 Å². The smallest absolute Gasteiger partial charge is 0.318 e. The molecule has 0 bridgehead atoms. The molecule has 7 aromatic rings. The number of nitrogens with zero attached hydrogens (tertiary/aromatic N) is 7. The molecule has 0 unspecified atom stereocenters. The van der Waals surface area contributed by atoms with Gasteiger partial charge in [-0.3, -0.25) is 9.36 Å². The van der Waals surface area contributed by atoms with Gasteiger partial charge in [0.15, 0.2) is 11.2 Å². The van der Waals surface area contributed by atoms with E-state index >= 15 is 0 Å². The first-order valence-corrected chi connectivity index (χ1v) is 15.9. The summed E-state index contributed by atoms with van der Waals surface area (Å²) in [5.41, 5.74) is 5.64. The molecule has 234 valence electrons. The van der Waals surface area contributed by atoms with Gasteiger partial charge in [-0.1, -0.05) is 110 Å². The van der Waals surface area contributed by atoms with Crippen LogP contribution in [0.1, 0.15) is 36.7 Å². The summed E-state index contributed by atoms with van der Waals surface area (Å²) in [7, 11) is 0. The number of benzene rings is 4. The molecule has 10 heteroatoms. The molecule has 0 saturated carbocycles. The molecule has 3 heterocycles. The van der Waals surface area contributed by atoms with Crippen LogP contribution in [0, 0.1) is 0 Å². The third-order valence-electron chi connectivity index (χ3n) is 8.47. The van der Waals surface area contributed by atoms with E-state index in [1.54, 1.807) is 16.7 Å². The fraction of sp³-hybridized carbons (Fsp3) is 0.189. The lowest BCUT2D eigenvalue weighted by Gasteiger charge is -2.14. The summed E-state index contributed by atoms with van der Waals surface area (Å²) >= 11 is 0. The van der Waals surface area contributed by atoms with Gasteiger partial charge in [0.1, 0.15) is 5.82 Å². The zero-order chi connectivity index (χ0) is 32.2. The largest absolute Gasteiger partial charge is 0.337 e. The van der Waals surface area contributed by atoms with Crippen LogP contribution in [-0.2, 0) is 25.9 Å². The number of aryl methyl sites for hydroxylation is 3. The zero-order valence-corrected chi connectivity index (χ0v) is 26.1. The van der Waals surface area contributed by atoms with Crippen LogP contribution in [0.25, 0.3) is 39.4 Å². The number of hydrogen-bond acceptors (Lipinski definition) is 6. The number of para-hydroxylation sites is 1. The van der Waals surface area contributed by atoms with E-state index in [2.05, 4.69) is 51.8 Å². The zero-order valence-electron chi connectivity index (χ0n) is 26.1. The fourth-order valence-corrected chi connectivity index (χ4v) is 6.05. The maximum absolute atomic E-state index is 14.3. The van der Waals surface area contributed by atoms with E-state index in [1.807, 2.05) is 77.4 Å². The molecule has 7 rings (SSSR count). The number of aromatic nitrogens is 8. The highest BCUT2D eigenvalue weighted by atomic mass is 16.2. The first-order chi connectivity index (χ1) is 23.1. The Bertz CT molecular complexity index is 2240. The number of fused-ring (bicyclic) bond motifs is 1. The molecular formula is C37H34N8O2. The van der Waals surface area contributed by atoms with Gasteiger partial charge in [-0.2, -0.15) is 5.21 Å². The molecule has 0 aliphatic rings. The third kappa shape index (κ3) is 5.93. The number of hydrogen-bond donors (Lipinski definition) is 1. The van der Waals surface area contributed by atoms with Crippen molar-refractivity contribution in [1.82, 2.24) is 39.3 Å². The standard InChI is InChI=1S/C37H34N8O2/c1-2-3-18-32-38-35-33(36(46)45(29-14-8-5-9-15-29)37(47)43(35)24-23-26-12-6-4-7-13-26)44(32)25-27-19-21-28(22-20-27)30-16-10-11-17-31(30)34-39-41-42-40-34/h4-17,19-22H,2-3,18,23-25H2,1H3,(H,39,40,41,42). The predicted octanol–water partition coefficient (Wildman–Crippen LogP) is 5.83. The van der Waals surface area contributed by atoms with Gasteiger partial charge in [-0.05, 0) is 52.4 Å². The maximum atomic E-state index is 14.3. The molecule has 0 atom stereocenters. The molecule has 0 saturated heterocycles. The number of nitrogens with one attached hydrogen (secondary N) is 1. The van der Waals surface area contributed by atoms with Crippen LogP contribution in [0.15, 0.2) is 119 Å². The molecule has 0 spiro atoms. The monoisotopic (exact) mass is 622 g/mol. The van der Waals surface area contributed by atoms with E-state index in [0.29, 0.717) is 48.6 Å². The molecule has 0 amide bonds. The Labute approximate surface area is 271 Å². The summed E-state index contributed by atoms with van der Waals surface area (Å²) in [6, 6.07) is 35.4. The highest BCUT2D eigenvalue weighted by Gasteiger charge is 2.23. The Balaban J connectivity index is 1.34. The van der Waals surface area contributed by atoms with Crippen molar-refractivity contribution in [2.45, 2.75) is 45.7 Å². The van der Waals surface area contributed by atoms with E-state index in [1.165, 1.54) is 4.57 Å². The summed E-state index contributed by atoms with van der Waals surface area (Å²) < 4.78 is 4.96. The normalized spacial score (nSPS) is 11.3.